The summed E-state index contributed by atoms with van der Waals surface area (Å²) in [5.74, 6) is -4.94. The third-order valence-corrected chi connectivity index (χ3v) is 8.11. The fourth-order valence-electron chi connectivity index (χ4n) is 4.64. The van der Waals surface area contributed by atoms with E-state index in [1.807, 2.05) is 0 Å². The molecule has 4 N–H and O–H groups in total. The Kier molecular flexibility index (Phi) is 7.94. The minimum atomic E-state index is -1.96. The standard InChI is InChI=1S/C24H27N5O9S/c1-3-27-9-10-28(19(33)18(27)32)23(37)25-15(13-7-5-4-6-8-13)17(31)26-24(38-2)21(36)29-16(20(34)35)14(11-30)12-39-22(24)29/h4-8,15,22,30H,3,9-12H2,1-2H3,(H,25,37)(H,26,31)(H,34,35)/t15-,22-,24+/m1/s1. The van der Waals surface area contributed by atoms with Gasteiger partial charge in [0.1, 0.15) is 17.1 Å². The Hall–Kier alpha value is -3.95. The Morgan fingerprint density at radius 2 is 1.85 bits per heavy atom. The van der Waals surface area contributed by atoms with Crippen LogP contribution >= 0.6 is 11.8 Å². The van der Waals surface area contributed by atoms with Crippen molar-refractivity contribution < 1.29 is 43.7 Å². The van der Waals surface area contributed by atoms with Crippen molar-refractivity contribution in [1.29, 1.82) is 0 Å². The van der Waals surface area contributed by atoms with Gasteiger partial charge in [0.2, 0.25) is 5.91 Å². The van der Waals surface area contributed by atoms with E-state index in [9.17, 15) is 39.0 Å². The molecule has 1 aromatic rings. The maximum atomic E-state index is 13.6. The Balaban J connectivity index is 1.59. The number of benzene rings is 1. The predicted octanol–water partition coefficient (Wildman–Crippen LogP) is -1.17. The highest BCUT2D eigenvalue weighted by Crippen LogP contribution is 2.46. The highest BCUT2D eigenvalue weighted by Gasteiger charge is 2.67. The average molecular weight is 562 g/mol. The SMILES string of the molecule is CCN1CCN(C(=O)N[C@@H](C(=O)N[C@]2(OC)C(=O)N3C(C(=O)O)=C(CO)CS[C@@H]32)c2ccccc2)C(=O)C1=O. The van der Waals surface area contributed by atoms with E-state index in [2.05, 4.69) is 10.6 Å². The second kappa shape index (κ2) is 11.0. The van der Waals surface area contributed by atoms with Crippen molar-refractivity contribution in [2.75, 3.05) is 39.1 Å². The lowest BCUT2D eigenvalue weighted by atomic mass is 9.97. The summed E-state index contributed by atoms with van der Waals surface area (Å²) in [6.45, 7) is 1.51. The Morgan fingerprint density at radius 3 is 2.44 bits per heavy atom. The molecule has 0 spiro atoms. The zero-order valence-corrected chi connectivity index (χ0v) is 21.9. The number of hydrogen-bond donors (Lipinski definition) is 4. The monoisotopic (exact) mass is 561 g/mol. The van der Waals surface area contributed by atoms with Gasteiger partial charge in [0.15, 0.2) is 0 Å². The van der Waals surface area contributed by atoms with Crippen LogP contribution in [0.1, 0.15) is 18.5 Å². The quantitative estimate of drug-likeness (QED) is 0.171. The minimum absolute atomic E-state index is 0.0704. The van der Waals surface area contributed by atoms with Crippen LogP contribution in [0.2, 0.25) is 0 Å². The van der Waals surface area contributed by atoms with E-state index in [0.29, 0.717) is 12.1 Å². The lowest BCUT2D eigenvalue weighted by Gasteiger charge is -2.56. The average Bonchev–Trinajstić information content (AvgIpc) is 2.94. The molecule has 4 rings (SSSR count). The van der Waals surface area contributed by atoms with Crippen molar-refractivity contribution in [3.8, 4) is 0 Å². The largest absolute Gasteiger partial charge is 0.477 e. The van der Waals surface area contributed by atoms with Gasteiger partial charge in [-0.1, -0.05) is 30.3 Å². The minimum Gasteiger partial charge on any atom is -0.477 e. The number of likely N-dealkylation sites (N-methyl/N-ethyl adjacent to an activating group) is 1. The Bertz CT molecular complexity index is 1260. The highest BCUT2D eigenvalue weighted by atomic mass is 32.2. The van der Waals surface area contributed by atoms with Crippen LogP contribution in [-0.2, 0) is 28.7 Å². The summed E-state index contributed by atoms with van der Waals surface area (Å²) in [5.41, 5.74) is -1.88. The van der Waals surface area contributed by atoms with Crippen LogP contribution in [0.5, 0.6) is 0 Å². The zero-order chi connectivity index (χ0) is 28.5. The highest BCUT2D eigenvalue weighted by molar-refractivity contribution is 8.00. The van der Waals surface area contributed by atoms with E-state index in [4.69, 9.17) is 4.74 Å². The molecular formula is C24H27N5O9S. The summed E-state index contributed by atoms with van der Waals surface area (Å²) in [6.07, 6.45) is 0. The number of nitrogens with one attached hydrogen (secondary N) is 2. The van der Waals surface area contributed by atoms with Crippen LogP contribution < -0.4 is 10.6 Å². The van der Waals surface area contributed by atoms with Gasteiger partial charge in [0.05, 0.1) is 6.61 Å². The number of imide groups is 1. The molecule has 0 radical (unpaired) electrons. The van der Waals surface area contributed by atoms with Crippen molar-refractivity contribution in [1.82, 2.24) is 25.3 Å². The van der Waals surface area contributed by atoms with Gasteiger partial charge in [-0.2, -0.15) is 0 Å². The zero-order valence-electron chi connectivity index (χ0n) is 21.1. The van der Waals surface area contributed by atoms with Crippen LogP contribution in [-0.4, -0.2) is 111 Å². The summed E-state index contributed by atoms with van der Waals surface area (Å²) in [5, 5.41) is 23.2. The second-order valence-electron chi connectivity index (χ2n) is 8.82. The number of carboxylic acid groups (broad SMARTS) is 1. The molecule has 2 saturated heterocycles. The van der Waals surface area contributed by atoms with Gasteiger partial charge in [0, 0.05) is 32.5 Å². The summed E-state index contributed by atoms with van der Waals surface area (Å²) in [7, 11) is 1.18. The molecule has 0 bridgehead atoms. The van der Waals surface area contributed by atoms with Crippen LogP contribution in [0.25, 0.3) is 0 Å². The number of fused-ring (bicyclic) bond motifs is 1. The Labute approximate surface area is 226 Å². The third kappa shape index (κ3) is 4.72. The summed E-state index contributed by atoms with van der Waals surface area (Å²) in [4.78, 5) is 79.5. The molecule has 208 valence electrons. The number of aliphatic hydroxyl groups is 1. The number of piperazine rings is 1. The number of carbonyl (C=O) groups is 6. The molecule has 3 heterocycles. The van der Waals surface area contributed by atoms with Crippen molar-refractivity contribution in [3.63, 3.8) is 0 Å². The number of nitrogens with zero attached hydrogens (tertiary/aromatic N) is 3. The summed E-state index contributed by atoms with van der Waals surface area (Å²) < 4.78 is 5.44. The van der Waals surface area contributed by atoms with Crippen molar-refractivity contribution in [2.24, 2.45) is 0 Å². The smallest absolute Gasteiger partial charge is 0.352 e. The number of rotatable bonds is 8. The number of urea groups is 1. The third-order valence-electron chi connectivity index (χ3n) is 6.73. The summed E-state index contributed by atoms with van der Waals surface area (Å²) in [6, 6.07) is 5.65. The first kappa shape index (κ1) is 28.1. The van der Waals surface area contributed by atoms with Gasteiger partial charge in [0.25, 0.3) is 11.6 Å². The van der Waals surface area contributed by atoms with E-state index in [-0.39, 0.29) is 30.1 Å². The van der Waals surface area contributed by atoms with Gasteiger partial charge in [-0.05, 0) is 18.1 Å². The van der Waals surface area contributed by atoms with Gasteiger partial charge >= 0.3 is 23.8 Å². The van der Waals surface area contributed by atoms with E-state index in [1.165, 1.54) is 12.0 Å². The number of ether oxygens (including phenoxy) is 1. The predicted molar refractivity (Wildman–Crippen MR) is 134 cm³/mol. The van der Waals surface area contributed by atoms with Gasteiger partial charge in [-0.3, -0.25) is 29.0 Å². The van der Waals surface area contributed by atoms with Crippen LogP contribution in [0.15, 0.2) is 41.6 Å². The number of aliphatic hydroxyl groups excluding tert-OH is 1. The number of β-lactam (4-membered cyclic amide) rings is 1. The second-order valence-corrected chi connectivity index (χ2v) is 9.89. The number of methoxy groups -OCH3 is 1. The summed E-state index contributed by atoms with van der Waals surface area (Å²) >= 11 is 1.09. The first-order valence-corrected chi connectivity index (χ1v) is 13.0. The van der Waals surface area contributed by atoms with Crippen LogP contribution in [0.3, 0.4) is 0 Å². The maximum absolute atomic E-state index is 13.6. The van der Waals surface area contributed by atoms with E-state index in [1.54, 1.807) is 37.3 Å². The fraction of sp³-hybridized carbons (Fsp3) is 0.417. The first-order chi connectivity index (χ1) is 18.6. The molecule has 3 aliphatic heterocycles. The maximum Gasteiger partial charge on any atom is 0.352 e. The lowest BCUT2D eigenvalue weighted by molar-refractivity contribution is -0.193. The molecule has 0 saturated carbocycles. The van der Waals surface area contributed by atoms with Gasteiger partial charge in [-0.25, -0.2) is 9.59 Å². The first-order valence-electron chi connectivity index (χ1n) is 12.0. The molecule has 1 aromatic carbocycles. The molecule has 3 aliphatic rings. The van der Waals surface area contributed by atoms with Crippen molar-refractivity contribution in [3.05, 3.63) is 47.2 Å². The number of aliphatic carboxylic acids is 1. The molecule has 39 heavy (non-hydrogen) atoms. The number of thioether (sulfide) groups is 1. The molecule has 15 heteroatoms. The number of carbonyl (C=O) groups excluding carboxylic acids is 5. The lowest BCUT2D eigenvalue weighted by Crippen LogP contribution is -2.81. The number of hydrogen-bond acceptors (Lipinski definition) is 9. The van der Waals surface area contributed by atoms with E-state index < -0.39 is 59.4 Å². The molecular weight excluding hydrogens is 534 g/mol. The molecule has 0 unspecified atom stereocenters. The number of amides is 6. The molecule has 6 amide bonds. The molecule has 0 aliphatic carbocycles. The van der Waals surface area contributed by atoms with E-state index in [0.717, 1.165) is 21.6 Å². The fourth-order valence-corrected chi connectivity index (χ4v) is 6.07. The molecule has 3 atom stereocenters. The van der Waals surface area contributed by atoms with Crippen LogP contribution in [0, 0.1) is 0 Å². The van der Waals surface area contributed by atoms with Gasteiger partial charge < -0.3 is 30.5 Å². The van der Waals surface area contributed by atoms with E-state index >= 15 is 0 Å². The number of carboxylic acids is 1. The Morgan fingerprint density at radius 1 is 1.15 bits per heavy atom. The van der Waals surface area contributed by atoms with Crippen molar-refractivity contribution >= 4 is 47.4 Å². The molecule has 0 aromatic heterocycles. The normalized spacial score (nSPS) is 23.7. The van der Waals surface area contributed by atoms with Crippen molar-refractivity contribution in [2.45, 2.75) is 24.1 Å². The van der Waals surface area contributed by atoms with Gasteiger partial charge in [-0.15, -0.1) is 11.8 Å². The van der Waals surface area contributed by atoms with Crippen LogP contribution in [0.4, 0.5) is 4.79 Å². The molecule has 2 fully saturated rings. The topological polar surface area (TPSA) is 186 Å². The molecule has 14 nitrogen and oxygen atoms in total.